The first-order valence-corrected chi connectivity index (χ1v) is 7.32. The van der Waals surface area contributed by atoms with Crippen LogP contribution in [0.25, 0.3) is 5.69 Å². The Hall–Kier alpha value is -1.25. The van der Waals surface area contributed by atoms with Gasteiger partial charge in [0, 0.05) is 5.41 Å². The van der Waals surface area contributed by atoms with Gasteiger partial charge in [-0.05, 0) is 46.9 Å². The second-order valence-electron chi connectivity index (χ2n) is 5.75. The van der Waals surface area contributed by atoms with Crippen molar-refractivity contribution in [1.29, 1.82) is 0 Å². The van der Waals surface area contributed by atoms with Crippen molar-refractivity contribution >= 4 is 28.4 Å². The molecule has 7 heteroatoms. The summed E-state index contributed by atoms with van der Waals surface area (Å²) in [6, 6.07) is 4.80. The van der Waals surface area contributed by atoms with E-state index in [2.05, 4.69) is 27.7 Å². The number of hydrogen-bond donors (Lipinski definition) is 1. The largest absolute Gasteiger partial charge is 0.416 e. The lowest BCUT2D eigenvalue weighted by atomic mass is 9.92. The Morgan fingerprint density at radius 2 is 1.62 bits per heavy atom. The molecule has 0 saturated heterocycles. The minimum absolute atomic E-state index is 0.193. The van der Waals surface area contributed by atoms with Gasteiger partial charge in [-0.25, -0.2) is 4.68 Å². The van der Waals surface area contributed by atoms with Gasteiger partial charge in [-0.1, -0.05) is 20.8 Å². The summed E-state index contributed by atoms with van der Waals surface area (Å²) < 4.78 is 40.0. The van der Waals surface area contributed by atoms with Crippen molar-refractivity contribution in [3.8, 4) is 5.69 Å². The van der Waals surface area contributed by atoms with E-state index in [-0.39, 0.29) is 5.41 Å². The molecular formula is C14H15F3IN3. The van der Waals surface area contributed by atoms with Gasteiger partial charge in [0.05, 0.1) is 20.5 Å². The van der Waals surface area contributed by atoms with Gasteiger partial charge in [0.1, 0.15) is 5.82 Å². The highest BCUT2D eigenvalue weighted by molar-refractivity contribution is 14.1. The van der Waals surface area contributed by atoms with Gasteiger partial charge >= 0.3 is 6.18 Å². The maximum atomic E-state index is 12.6. The van der Waals surface area contributed by atoms with Crippen LogP contribution in [0.3, 0.4) is 0 Å². The summed E-state index contributed by atoms with van der Waals surface area (Å²) in [5, 5.41) is 4.45. The van der Waals surface area contributed by atoms with Crippen molar-refractivity contribution < 1.29 is 13.2 Å². The van der Waals surface area contributed by atoms with Crippen LogP contribution in [0.15, 0.2) is 24.3 Å². The van der Waals surface area contributed by atoms with Gasteiger partial charge < -0.3 is 5.73 Å². The van der Waals surface area contributed by atoms with Gasteiger partial charge in [-0.15, -0.1) is 0 Å². The SMILES string of the molecule is CC(C)(C)c1nn(-c2ccc(C(F)(F)F)cc2)c(N)c1I. The number of aromatic nitrogens is 2. The third-order valence-electron chi connectivity index (χ3n) is 3.01. The molecule has 0 spiro atoms. The van der Waals surface area contributed by atoms with E-state index < -0.39 is 11.7 Å². The molecule has 0 aliphatic rings. The standard InChI is InChI=1S/C14H15F3IN3/c1-13(2,3)11-10(18)12(19)21(20-11)9-6-4-8(5-7-9)14(15,16)17/h4-7H,19H2,1-3H3. The fourth-order valence-corrected chi connectivity index (χ4v) is 3.03. The highest BCUT2D eigenvalue weighted by Gasteiger charge is 2.30. The molecule has 0 unspecified atom stereocenters. The van der Waals surface area contributed by atoms with E-state index in [1.165, 1.54) is 16.8 Å². The molecule has 2 aromatic rings. The zero-order valence-corrected chi connectivity index (χ0v) is 14.0. The normalized spacial score (nSPS) is 12.7. The minimum Gasteiger partial charge on any atom is -0.383 e. The van der Waals surface area contributed by atoms with Gasteiger partial charge in [-0.2, -0.15) is 18.3 Å². The number of alkyl halides is 3. The molecule has 0 bridgehead atoms. The zero-order valence-electron chi connectivity index (χ0n) is 11.8. The number of nitrogen functional groups attached to an aromatic ring is 1. The maximum Gasteiger partial charge on any atom is 0.416 e. The number of rotatable bonds is 1. The molecule has 0 aliphatic carbocycles. The molecule has 1 heterocycles. The quantitative estimate of drug-likeness (QED) is 0.711. The number of benzene rings is 1. The van der Waals surface area contributed by atoms with E-state index in [1.54, 1.807) is 0 Å². The van der Waals surface area contributed by atoms with Crippen molar-refractivity contribution in [3.05, 3.63) is 39.1 Å². The Bertz CT molecular complexity index is 652. The lowest BCUT2D eigenvalue weighted by Gasteiger charge is -2.15. The minimum atomic E-state index is -4.35. The molecule has 21 heavy (non-hydrogen) atoms. The van der Waals surface area contributed by atoms with Crippen molar-refractivity contribution in [2.75, 3.05) is 5.73 Å². The Balaban J connectivity index is 2.48. The monoisotopic (exact) mass is 409 g/mol. The molecule has 3 nitrogen and oxygen atoms in total. The average molecular weight is 409 g/mol. The molecule has 1 aromatic carbocycles. The predicted octanol–water partition coefficient (Wildman–Crippen LogP) is 4.38. The van der Waals surface area contributed by atoms with Crippen LogP contribution in [-0.4, -0.2) is 9.78 Å². The summed E-state index contributed by atoms with van der Waals surface area (Å²) in [6.45, 7) is 6.02. The second-order valence-corrected chi connectivity index (χ2v) is 6.83. The van der Waals surface area contributed by atoms with Crippen LogP contribution in [0.1, 0.15) is 32.0 Å². The second kappa shape index (κ2) is 5.19. The molecule has 0 saturated carbocycles. The van der Waals surface area contributed by atoms with E-state index >= 15 is 0 Å². The van der Waals surface area contributed by atoms with E-state index in [4.69, 9.17) is 5.73 Å². The van der Waals surface area contributed by atoms with Gasteiger partial charge in [-0.3, -0.25) is 0 Å². The molecular weight excluding hydrogens is 394 g/mol. The first kappa shape index (κ1) is 16.1. The topological polar surface area (TPSA) is 43.8 Å². The van der Waals surface area contributed by atoms with Crippen LogP contribution >= 0.6 is 22.6 Å². The Morgan fingerprint density at radius 3 is 2.00 bits per heavy atom. The van der Waals surface area contributed by atoms with Gasteiger partial charge in [0.25, 0.3) is 0 Å². The molecule has 2 rings (SSSR count). The Kier molecular flexibility index (Phi) is 3.98. The van der Waals surface area contributed by atoms with Crippen LogP contribution in [-0.2, 0) is 11.6 Å². The smallest absolute Gasteiger partial charge is 0.383 e. The van der Waals surface area contributed by atoms with Gasteiger partial charge in [0.15, 0.2) is 0 Å². The molecule has 114 valence electrons. The summed E-state index contributed by atoms with van der Waals surface area (Å²) >= 11 is 2.11. The Morgan fingerprint density at radius 1 is 1.10 bits per heavy atom. The van der Waals surface area contributed by atoms with Crippen molar-refractivity contribution in [2.24, 2.45) is 0 Å². The summed E-state index contributed by atoms with van der Waals surface area (Å²) in [5.74, 6) is 0.431. The van der Waals surface area contributed by atoms with Crippen molar-refractivity contribution in [2.45, 2.75) is 32.4 Å². The number of nitrogens with zero attached hydrogens (tertiary/aromatic N) is 2. The van der Waals surface area contributed by atoms with Crippen LogP contribution in [0.4, 0.5) is 19.0 Å². The highest BCUT2D eigenvalue weighted by Crippen LogP contribution is 2.33. The lowest BCUT2D eigenvalue weighted by molar-refractivity contribution is -0.137. The lowest BCUT2D eigenvalue weighted by Crippen LogP contribution is -2.14. The predicted molar refractivity (Wildman–Crippen MR) is 84.4 cm³/mol. The fourth-order valence-electron chi connectivity index (χ4n) is 1.88. The summed E-state index contributed by atoms with van der Waals surface area (Å²) in [7, 11) is 0. The molecule has 1 aromatic heterocycles. The first-order valence-electron chi connectivity index (χ1n) is 6.24. The average Bonchev–Trinajstić information content (AvgIpc) is 2.65. The maximum absolute atomic E-state index is 12.6. The third kappa shape index (κ3) is 3.17. The fraction of sp³-hybridized carbons (Fsp3) is 0.357. The number of anilines is 1. The molecule has 0 amide bonds. The summed E-state index contributed by atoms with van der Waals surface area (Å²) in [6.07, 6.45) is -4.35. The van der Waals surface area contributed by atoms with Crippen molar-refractivity contribution in [3.63, 3.8) is 0 Å². The zero-order chi connectivity index (χ0) is 16.0. The molecule has 0 fully saturated rings. The molecule has 0 aliphatic heterocycles. The highest BCUT2D eigenvalue weighted by atomic mass is 127. The number of hydrogen-bond acceptors (Lipinski definition) is 2. The van der Waals surface area contributed by atoms with Crippen LogP contribution in [0.5, 0.6) is 0 Å². The van der Waals surface area contributed by atoms with Crippen molar-refractivity contribution in [1.82, 2.24) is 9.78 Å². The molecule has 2 N–H and O–H groups in total. The third-order valence-corrected chi connectivity index (χ3v) is 4.07. The van der Waals surface area contributed by atoms with Crippen LogP contribution < -0.4 is 5.73 Å². The summed E-state index contributed by atoms with van der Waals surface area (Å²) in [4.78, 5) is 0. The molecule has 0 atom stereocenters. The first-order chi connectivity index (χ1) is 9.51. The van der Waals surface area contributed by atoms with E-state index in [1.807, 2.05) is 20.8 Å². The van der Waals surface area contributed by atoms with E-state index in [9.17, 15) is 13.2 Å². The molecule has 0 radical (unpaired) electrons. The van der Waals surface area contributed by atoms with Crippen LogP contribution in [0, 0.1) is 3.57 Å². The summed E-state index contributed by atoms with van der Waals surface area (Å²) in [5.41, 5.74) is 6.47. The van der Waals surface area contributed by atoms with E-state index in [0.717, 1.165) is 21.4 Å². The van der Waals surface area contributed by atoms with Crippen LogP contribution in [0.2, 0.25) is 0 Å². The van der Waals surface area contributed by atoms with Gasteiger partial charge in [0.2, 0.25) is 0 Å². The van der Waals surface area contributed by atoms with E-state index in [0.29, 0.717) is 11.5 Å². The number of halogens is 4. The number of nitrogens with two attached hydrogens (primary N) is 1. The Labute approximate surface area is 134 Å².